The molecular weight excluding hydrogens is 265 g/mol. The molecule has 0 fully saturated rings. The Balaban J connectivity index is 2.75. The molecule has 0 aliphatic rings. The van der Waals surface area contributed by atoms with Crippen LogP contribution in [0.3, 0.4) is 0 Å². The Morgan fingerprint density at radius 2 is 2.06 bits per heavy atom. The van der Waals surface area contributed by atoms with Crippen molar-refractivity contribution in [2.24, 2.45) is 0 Å². The molecule has 0 unspecified atom stereocenters. The first-order valence-corrected chi connectivity index (χ1v) is 5.81. The van der Waals surface area contributed by atoms with E-state index in [1.165, 1.54) is 0 Å². The minimum absolute atomic E-state index is 0.163. The zero-order valence-electron chi connectivity index (χ0n) is 9.77. The lowest BCUT2D eigenvalue weighted by Crippen LogP contribution is -2.13. The molecule has 98 valence electrons. The molecule has 0 aliphatic carbocycles. The van der Waals surface area contributed by atoms with Crippen LogP contribution in [0.1, 0.15) is 17.5 Å². The molecule has 18 heavy (non-hydrogen) atoms. The summed E-state index contributed by atoms with van der Waals surface area (Å²) in [5, 5.41) is 0. The normalized spacial score (nSPS) is 10.7. The third kappa shape index (κ3) is 5.33. The maximum atomic E-state index is 12.0. The van der Waals surface area contributed by atoms with Crippen molar-refractivity contribution in [1.29, 1.82) is 0 Å². The van der Waals surface area contributed by atoms with Gasteiger partial charge < -0.3 is 4.74 Å². The van der Waals surface area contributed by atoms with Crippen LogP contribution in [-0.4, -0.2) is 18.7 Å². The van der Waals surface area contributed by atoms with Crippen LogP contribution in [0.15, 0.2) is 18.2 Å². The Morgan fingerprint density at radius 1 is 1.33 bits per heavy atom. The van der Waals surface area contributed by atoms with Crippen LogP contribution in [0.25, 0.3) is 0 Å². The molecule has 0 saturated carbocycles. The average molecular weight is 277 g/mol. The van der Waals surface area contributed by atoms with Gasteiger partial charge in [0.2, 0.25) is 0 Å². The summed E-state index contributed by atoms with van der Waals surface area (Å²) in [5.74, 6) is 5.93. The van der Waals surface area contributed by atoms with Crippen molar-refractivity contribution in [2.45, 2.75) is 19.5 Å². The van der Waals surface area contributed by atoms with Crippen LogP contribution in [0, 0.1) is 18.8 Å². The summed E-state index contributed by atoms with van der Waals surface area (Å²) in [6, 6.07) is 5.13. The molecule has 0 saturated heterocycles. The number of halogens is 4. The van der Waals surface area contributed by atoms with Crippen LogP contribution in [-0.2, 0) is 0 Å². The van der Waals surface area contributed by atoms with Crippen LogP contribution in [0.5, 0.6) is 5.75 Å². The van der Waals surface area contributed by atoms with Crippen molar-refractivity contribution in [1.82, 2.24) is 0 Å². The lowest BCUT2D eigenvalue weighted by Gasteiger charge is -2.10. The number of hydrogen-bond donors (Lipinski definition) is 0. The Hall–Kier alpha value is -1.34. The van der Waals surface area contributed by atoms with Crippen molar-refractivity contribution >= 4 is 11.6 Å². The van der Waals surface area contributed by atoms with E-state index in [0.29, 0.717) is 11.3 Å². The van der Waals surface area contributed by atoms with Crippen LogP contribution < -0.4 is 4.74 Å². The van der Waals surface area contributed by atoms with Crippen molar-refractivity contribution < 1.29 is 17.9 Å². The predicted octanol–water partition coefficient (Wildman–Crippen LogP) is 3.92. The smallest absolute Gasteiger partial charge is 0.392 e. The first kappa shape index (κ1) is 14.7. The maximum absolute atomic E-state index is 12.0. The fraction of sp³-hybridized carbons (Fsp3) is 0.385. The molecule has 1 aromatic carbocycles. The highest BCUT2D eigenvalue weighted by Gasteiger charge is 2.26. The fourth-order valence-corrected chi connectivity index (χ4v) is 1.34. The number of alkyl halides is 4. The van der Waals surface area contributed by atoms with E-state index in [0.717, 1.165) is 5.56 Å². The van der Waals surface area contributed by atoms with Gasteiger partial charge in [0, 0.05) is 0 Å². The Morgan fingerprint density at radius 3 is 2.67 bits per heavy atom. The van der Waals surface area contributed by atoms with Crippen LogP contribution in [0.2, 0.25) is 0 Å². The molecule has 1 nitrogen and oxygen atoms in total. The largest absolute Gasteiger partial charge is 0.492 e. The molecule has 0 bridgehead atoms. The van der Waals surface area contributed by atoms with Gasteiger partial charge >= 0.3 is 6.18 Å². The van der Waals surface area contributed by atoms with Gasteiger partial charge in [0.1, 0.15) is 5.75 Å². The minimum Gasteiger partial charge on any atom is -0.492 e. The number of rotatable bonds is 3. The van der Waals surface area contributed by atoms with Crippen LogP contribution in [0.4, 0.5) is 13.2 Å². The summed E-state index contributed by atoms with van der Waals surface area (Å²) in [5.41, 5.74) is 1.51. The lowest BCUT2D eigenvalue weighted by atomic mass is 10.1. The summed E-state index contributed by atoms with van der Waals surface area (Å²) in [4.78, 5) is 0. The first-order valence-electron chi connectivity index (χ1n) is 5.27. The second kappa shape index (κ2) is 6.55. The molecule has 0 heterocycles. The van der Waals surface area contributed by atoms with E-state index in [4.69, 9.17) is 16.3 Å². The summed E-state index contributed by atoms with van der Waals surface area (Å²) in [6.45, 7) is 1.45. The van der Waals surface area contributed by atoms with Gasteiger partial charge in [-0.05, 0) is 24.6 Å². The monoisotopic (exact) mass is 276 g/mol. The topological polar surface area (TPSA) is 9.23 Å². The molecule has 0 aromatic heterocycles. The van der Waals surface area contributed by atoms with Gasteiger partial charge in [0.05, 0.1) is 24.5 Å². The summed E-state index contributed by atoms with van der Waals surface area (Å²) in [6.07, 6.45) is -5.20. The van der Waals surface area contributed by atoms with E-state index >= 15 is 0 Å². The molecule has 0 radical (unpaired) electrons. The Labute approximate surface area is 109 Å². The van der Waals surface area contributed by atoms with E-state index in [-0.39, 0.29) is 5.88 Å². The third-order valence-electron chi connectivity index (χ3n) is 2.07. The number of hydrogen-bond acceptors (Lipinski definition) is 1. The molecule has 0 atom stereocenters. The first-order chi connectivity index (χ1) is 8.42. The predicted molar refractivity (Wildman–Crippen MR) is 64.9 cm³/mol. The highest BCUT2D eigenvalue weighted by atomic mass is 35.5. The van der Waals surface area contributed by atoms with E-state index in [1.54, 1.807) is 18.2 Å². The summed E-state index contributed by atoms with van der Waals surface area (Å²) >= 11 is 5.44. The third-order valence-corrected chi connectivity index (χ3v) is 2.20. The van der Waals surface area contributed by atoms with E-state index in [9.17, 15) is 13.2 Å². The number of ether oxygens (including phenoxy) is 1. The number of aryl methyl sites for hydroxylation is 1. The maximum Gasteiger partial charge on any atom is 0.392 e. The molecule has 0 N–H and O–H groups in total. The van der Waals surface area contributed by atoms with E-state index in [2.05, 4.69) is 11.8 Å². The Bertz CT molecular complexity index is 458. The molecule has 1 rings (SSSR count). The molecule has 5 heteroatoms. The quantitative estimate of drug-likeness (QED) is 0.601. The van der Waals surface area contributed by atoms with Crippen LogP contribution >= 0.6 is 11.6 Å². The molecule has 0 spiro atoms. The standard InChI is InChI=1S/C13H12ClF3O/c1-10-4-5-12(11(9-10)3-2-7-14)18-8-6-13(15,16)17/h4-5,9H,6-8H2,1H3. The average Bonchev–Trinajstić information content (AvgIpc) is 2.27. The van der Waals surface area contributed by atoms with Gasteiger partial charge in [-0.15, -0.1) is 11.6 Å². The van der Waals surface area contributed by atoms with E-state index < -0.39 is 19.2 Å². The Kier molecular flexibility index (Phi) is 5.36. The summed E-state index contributed by atoms with van der Waals surface area (Å²) in [7, 11) is 0. The SMILES string of the molecule is Cc1ccc(OCCC(F)(F)F)c(C#CCCl)c1. The highest BCUT2D eigenvalue weighted by Crippen LogP contribution is 2.23. The molecule has 1 aromatic rings. The van der Waals surface area contributed by atoms with Crippen molar-refractivity contribution in [2.75, 3.05) is 12.5 Å². The van der Waals surface area contributed by atoms with Crippen molar-refractivity contribution in [3.8, 4) is 17.6 Å². The number of benzene rings is 1. The van der Waals surface area contributed by atoms with Gasteiger partial charge in [-0.1, -0.05) is 17.9 Å². The zero-order chi connectivity index (χ0) is 13.6. The fourth-order valence-electron chi connectivity index (χ4n) is 1.27. The molecule has 0 amide bonds. The van der Waals surface area contributed by atoms with E-state index in [1.807, 2.05) is 6.92 Å². The summed E-state index contributed by atoms with van der Waals surface area (Å²) < 4.78 is 41.1. The van der Waals surface area contributed by atoms with Gasteiger partial charge in [0.25, 0.3) is 0 Å². The minimum atomic E-state index is -4.22. The molecule has 0 aliphatic heterocycles. The van der Waals surface area contributed by atoms with Crippen molar-refractivity contribution in [3.63, 3.8) is 0 Å². The van der Waals surface area contributed by atoms with Crippen molar-refractivity contribution in [3.05, 3.63) is 29.3 Å². The van der Waals surface area contributed by atoms with Gasteiger partial charge in [0.15, 0.2) is 0 Å². The lowest BCUT2D eigenvalue weighted by molar-refractivity contribution is -0.139. The van der Waals surface area contributed by atoms with Gasteiger partial charge in [-0.2, -0.15) is 13.2 Å². The second-order valence-corrected chi connectivity index (χ2v) is 3.92. The highest BCUT2D eigenvalue weighted by molar-refractivity contribution is 6.19. The van der Waals surface area contributed by atoms with Gasteiger partial charge in [-0.25, -0.2) is 0 Å². The second-order valence-electron chi connectivity index (χ2n) is 3.65. The molecular formula is C13H12ClF3O. The zero-order valence-corrected chi connectivity index (χ0v) is 10.5. The van der Waals surface area contributed by atoms with Gasteiger partial charge in [-0.3, -0.25) is 0 Å².